The van der Waals surface area contributed by atoms with Crippen molar-refractivity contribution in [2.45, 2.75) is 132 Å². The average Bonchev–Trinajstić information content (AvgIpc) is 3.04. The Hall–Kier alpha value is -3.35. The fourth-order valence-electron chi connectivity index (χ4n) is 5.11. The molecule has 5 heteroatoms. The van der Waals surface area contributed by atoms with E-state index in [1.165, 1.54) is 54.0 Å². The molecule has 0 unspecified atom stereocenters. The predicted molar refractivity (Wildman–Crippen MR) is 195 cm³/mol. The van der Waals surface area contributed by atoms with Gasteiger partial charge in [-0.3, -0.25) is 4.99 Å². The third-order valence-corrected chi connectivity index (χ3v) is 8.33. The van der Waals surface area contributed by atoms with E-state index in [0.29, 0.717) is 12.0 Å². The van der Waals surface area contributed by atoms with Crippen molar-refractivity contribution in [1.29, 1.82) is 0 Å². The quantitative estimate of drug-likeness (QED) is 0.0736. The van der Waals surface area contributed by atoms with Gasteiger partial charge < -0.3 is 10.2 Å². The molecule has 3 aromatic rings. The molecule has 4 nitrogen and oxygen atoms in total. The molecule has 0 aliphatic heterocycles. The van der Waals surface area contributed by atoms with Gasteiger partial charge in [-0.1, -0.05) is 102 Å². The van der Waals surface area contributed by atoms with E-state index in [9.17, 15) is 10.2 Å². The van der Waals surface area contributed by atoms with Crippen molar-refractivity contribution in [2.24, 2.45) is 9.98 Å². The van der Waals surface area contributed by atoms with E-state index >= 15 is 0 Å². The van der Waals surface area contributed by atoms with Crippen LogP contribution >= 0.6 is 0 Å². The van der Waals surface area contributed by atoms with Crippen molar-refractivity contribution in [2.75, 3.05) is 0 Å². The first-order valence-corrected chi connectivity index (χ1v) is 17.4. The van der Waals surface area contributed by atoms with Crippen LogP contribution in [0.3, 0.4) is 0 Å². The predicted octanol–water partition coefficient (Wildman–Crippen LogP) is 10.7. The summed E-state index contributed by atoms with van der Waals surface area (Å²) in [6.07, 6.45) is 12.9. The van der Waals surface area contributed by atoms with Gasteiger partial charge >= 0.3 is 16.5 Å². The minimum absolute atomic E-state index is 0. The van der Waals surface area contributed by atoms with Crippen LogP contribution in [0.4, 0.5) is 11.4 Å². The Bertz CT molecular complexity index is 1510. The van der Waals surface area contributed by atoms with Gasteiger partial charge in [-0.05, 0) is 118 Å². The molecule has 0 saturated heterocycles. The molecule has 0 N–H and O–H groups in total. The van der Waals surface area contributed by atoms with Gasteiger partial charge in [-0.15, -0.1) is 11.5 Å². The average molecular weight is 680 g/mol. The van der Waals surface area contributed by atoms with Gasteiger partial charge in [0.1, 0.15) is 5.71 Å². The summed E-state index contributed by atoms with van der Waals surface area (Å²) >= 11 is 0. The number of hydrogen-bond acceptors (Lipinski definition) is 4. The molecule has 3 rings (SSSR count). The van der Waals surface area contributed by atoms with Crippen LogP contribution in [0.25, 0.3) is 0 Å². The molecule has 0 atom stereocenters. The maximum Gasteiger partial charge on any atom is 2.00 e. The summed E-state index contributed by atoms with van der Waals surface area (Å²) in [5.41, 5.74) is 10.6. The molecule has 0 bridgehead atoms. The Balaban J connectivity index is 0.000000661. The SMILES string of the molecule is CCCCCCCC#CC(=Nc1ccc(C)c(C)c1)C(CCCC)=Nc1ccc(C)c(C)c1.CCCc1ccc([O-])c([O-])c1CC.[Ni+2]. The second-order valence-corrected chi connectivity index (χ2v) is 12.3. The Morgan fingerprint density at radius 3 is 1.81 bits per heavy atom. The number of benzene rings is 3. The fraction of sp³-hybridized carbons (Fsp3) is 0.476. The Kier molecular flexibility index (Phi) is 20.4. The molecule has 0 aliphatic rings. The van der Waals surface area contributed by atoms with E-state index in [-0.39, 0.29) is 28.0 Å². The first-order chi connectivity index (χ1) is 22.1. The van der Waals surface area contributed by atoms with Crippen LogP contribution in [0.5, 0.6) is 11.5 Å². The van der Waals surface area contributed by atoms with E-state index < -0.39 is 0 Å². The van der Waals surface area contributed by atoms with Crippen molar-refractivity contribution in [3.8, 4) is 23.3 Å². The minimum atomic E-state index is -0.378. The molecule has 256 valence electrons. The summed E-state index contributed by atoms with van der Waals surface area (Å²) in [5.74, 6) is 6.14. The van der Waals surface area contributed by atoms with Gasteiger partial charge in [0.25, 0.3) is 0 Å². The first-order valence-electron chi connectivity index (χ1n) is 17.4. The zero-order chi connectivity index (χ0) is 33.9. The molecule has 3 aromatic carbocycles. The maximum atomic E-state index is 11.4. The summed E-state index contributed by atoms with van der Waals surface area (Å²) in [4.78, 5) is 10.1. The third-order valence-electron chi connectivity index (χ3n) is 8.33. The second-order valence-electron chi connectivity index (χ2n) is 12.3. The Morgan fingerprint density at radius 2 is 1.26 bits per heavy atom. The van der Waals surface area contributed by atoms with Gasteiger partial charge in [-0.25, -0.2) is 4.99 Å². The first kappa shape index (κ1) is 41.7. The molecule has 0 radical (unpaired) electrons. The zero-order valence-electron chi connectivity index (χ0n) is 30.1. The van der Waals surface area contributed by atoms with E-state index in [2.05, 4.69) is 96.7 Å². The summed E-state index contributed by atoms with van der Waals surface area (Å²) in [7, 11) is 0. The van der Waals surface area contributed by atoms with E-state index in [0.717, 1.165) is 73.3 Å². The van der Waals surface area contributed by atoms with Gasteiger partial charge in [0.2, 0.25) is 0 Å². The number of hydrogen-bond donors (Lipinski definition) is 0. The maximum absolute atomic E-state index is 11.4. The van der Waals surface area contributed by atoms with Crippen molar-refractivity contribution in [3.63, 3.8) is 0 Å². The van der Waals surface area contributed by atoms with Gasteiger partial charge in [-0.2, -0.15) is 0 Å². The minimum Gasteiger partial charge on any atom is -0.873 e. The van der Waals surface area contributed by atoms with Crippen LogP contribution < -0.4 is 10.2 Å². The summed E-state index contributed by atoms with van der Waals surface area (Å²) < 4.78 is 0. The number of nitrogens with zero attached hydrogens (tertiary/aromatic N) is 2. The van der Waals surface area contributed by atoms with Crippen molar-refractivity contribution in [3.05, 3.63) is 81.9 Å². The molecular formula is C42H56N2NiO2. The van der Waals surface area contributed by atoms with E-state index in [1.54, 1.807) is 6.07 Å². The molecule has 47 heavy (non-hydrogen) atoms. The Labute approximate surface area is 296 Å². The number of unbranched alkanes of at least 4 members (excludes halogenated alkanes) is 6. The summed E-state index contributed by atoms with van der Waals surface area (Å²) in [6.45, 7) is 17.0. The van der Waals surface area contributed by atoms with Crippen LogP contribution in [0.1, 0.15) is 125 Å². The third kappa shape index (κ3) is 14.5. The number of aliphatic imine (C=N–C) groups is 2. The number of aryl methyl sites for hydroxylation is 5. The van der Waals surface area contributed by atoms with Crippen LogP contribution in [-0.4, -0.2) is 11.4 Å². The summed E-state index contributed by atoms with van der Waals surface area (Å²) in [6, 6.07) is 15.9. The van der Waals surface area contributed by atoms with Crippen LogP contribution in [0.15, 0.2) is 58.5 Å². The molecule has 0 aliphatic carbocycles. The molecular weight excluding hydrogens is 623 g/mol. The smallest absolute Gasteiger partial charge is 0.873 e. The summed E-state index contributed by atoms with van der Waals surface area (Å²) in [5, 5.41) is 22.4. The van der Waals surface area contributed by atoms with Crippen LogP contribution in [-0.2, 0) is 29.3 Å². The van der Waals surface area contributed by atoms with Crippen LogP contribution in [0, 0.1) is 39.5 Å². The Morgan fingerprint density at radius 1 is 0.660 bits per heavy atom. The van der Waals surface area contributed by atoms with E-state index in [1.807, 2.05) is 6.92 Å². The van der Waals surface area contributed by atoms with Gasteiger partial charge in [0, 0.05) is 6.42 Å². The molecule has 0 spiro atoms. The standard InChI is InChI=1S/C31H42N2.C11H16O2.Ni/c1-7-9-11-12-13-14-15-17-31(33-29-21-19-25(4)27(6)23-29)30(16-10-8-2)32-28-20-18-24(3)26(5)22-28;1-3-5-8-6-7-10(12)11(13)9(8)4-2;/h18-23H,7-14,16H2,1-6H3;6-7,12-13H,3-5H2,1-2H3;/q;;+2/p-2. The van der Waals surface area contributed by atoms with Crippen LogP contribution in [0.2, 0.25) is 0 Å². The molecule has 0 amide bonds. The number of rotatable bonds is 14. The van der Waals surface area contributed by atoms with Crippen molar-refractivity contribution < 1.29 is 26.7 Å². The van der Waals surface area contributed by atoms with E-state index in [4.69, 9.17) is 9.98 Å². The molecule has 0 saturated carbocycles. The van der Waals surface area contributed by atoms with Crippen molar-refractivity contribution >= 4 is 22.8 Å². The molecule has 0 heterocycles. The monoisotopic (exact) mass is 678 g/mol. The topological polar surface area (TPSA) is 70.8 Å². The van der Waals surface area contributed by atoms with Crippen molar-refractivity contribution in [1.82, 2.24) is 0 Å². The zero-order valence-corrected chi connectivity index (χ0v) is 31.1. The van der Waals surface area contributed by atoms with Gasteiger partial charge in [0.05, 0.1) is 17.1 Å². The normalized spacial score (nSPS) is 11.2. The van der Waals surface area contributed by atoms with Gasteiger partial charge in [0.15, 0.2) is 0 Å². The second kappa shape index (κ2) is 23.1. The fourth-order valence-corrected chi connectivity index (χ4v) is 5.11. The molecule has 0 aromatic heterocycles. The molecule has 0 fully saturated rings. The largest absolute Gasteiger partial charge is 2.00 e.